The van der Waals surface area contributed by atoms with Crippen molar-refractivity contribution >= 4 is 28.8 Å². The van der Waals surface area contributed by atoms with Crippen molar-refractivity contribution in [1.29, 1.82) is 0 Å². The molecule has 0 radical (unpaired) electrons. The number of Topliss-reactive ketones (excluding diaryl/α,β-unsaturated/α-hetero) is 1. The summed E-state index contributed by atoms with van der Waals surface area (Å²) >= 11 is -0.658. The molecule has 1 heterocycles. The number of carbonyl (C=O) groups excluding carboxylic acids is 1. The molecule has 0 fully saturated rings. The summed E-state index contributed by atoms with van der Waals surface area (Å²) in [4.78, 5) is 18.1. The van der Waals surface area contributed by atoms with Crippen LogP contribution in [0.3, 0.4) is 0 Å². The predicted octanol–water partition coefficient (Wildman–Crippen LogP) is 4.54. The van der Waals surface area contributed by atoms with Gasteiger partial charge in [-0.25, -0.2) is 4.72 Å². The van der Waals surface area contributed by atoms with E-state index in [1.165, 1.54) is 0 Å². The third-order valence-corrected chi connectivity index (χ3v) is 6.54. The number of ketones is 1. The van der Waals surface area contributed by atoms with Gasteiger partial charge in [-0.05, 0) is 55.2 Å². The van der Waals surface area contributed by atoms with Crippen molar-refractivity contribution in [3.8, 4) is 11.3 Å². The Labute approximate surface area is 176 Å². The highest BCUT2D eigenvalue weighted by molar-refractivity contribution is 7.99. The summed E-state index contributed by atoms with van der Waals surface area (Å²) < 4.78 is 24.2. The maximum atomic E-state index is 12.5. The smallest absolute Gasteiger partial charge is 0.164 e. The summed E-state index contributed by atoms with van der Waals surface area (Å²) in [6, 6.07) is 16.1. The number of aromatic nitrogens is 1. The van der Waals surface area contributed by atoms with E-state index in [2.05, 4.69) is 21.8 Å². The van der Waals surface area contributed by atoms with Crippen molar-refractivity contribution in [1.82, 2.24) is 9.71 Å². The average Bonchev–Trinajstić information content (AvgIpc) is 3.05. The van der Waals surface area contributed by atoms with Crippen LogP contribution >= 0.6 is 11.8 Å². The van der Waals surface area contributed by atoms with E-state index >= 15 is 0 Å². The molecule has 2 N–H and O–H groups in total. The molecule has 0 saturated heterocycles. The quantitative estimate of drug-likeness (QED) is 0.568. The number of aromatic amines is 1. The second kappa shape index (κ2) is 8.67. The summed E-state index contributed by atoms with van der Waals surface area (Å²) in [5.74, 6) is 0.197. The number of H-pyrrole nitrogens is 1. The number of aryl methyl sites for hydroxylation is 1. The number of hydrogen-bond donors (Lipinski definition) is 2. The van der Waals surface area contributed by atoms with Crippen molar-refractivity contribution in [3.63, 3.8) is 0 Å². The van der Waals surface area contributed by atoms with Gasteiger partial charge in [0.15, 0.2) is 5.78 Å². The SMILES string of the molecule is Cc1[nH]c(-c2cc(CNS(=O)[O-])ccc2Sc2ccccc2)c2c1C(=O)CCC2. The summed E-state index contributed by atoms with van der Waals surface area (Å²) in [5, 5.41) is 0. The monoisotopic (exact) mass is 425 g/mol. The van der Waals surface area contributed by atoms with Crippen LogP contribution in [-0.2, 0) is 24.2 Å². The fraction of sp³-hybridized carbons (Fsp3) is 0.227. The standard InChI is InChI=1S/C22H22N2O3S2/c1-14-21-17(8-5-9-19(21)25)22(24-14)18-12-15(13-23-29(26)27)10-11-20(18)28-16-6-3-2-4-7-16/h2-4,6-7,10-12,23-24H,5,8-9,13H2,1H3,(H,26,27)/p-1. The molecule has 0 amide bonds. The molecule has 1 unspecified atom stereocenters. The van der Waals surface area contributed by atoms with Gasteiger partial charge in [0.25, 0.3) is 0 Å². The van der Waals surface area contributed by atoms with Crippen LogP contribution in [0.25, 0.3) is 11.3 Å². The molecule has 1 aliphatic rings. The lowest BCUT2D eigenvalue weighted by Crippen LogP contribution is -2.15. The lowest BCUT2D eigenvalue weighted by molar-refractivity contribution is 0.0972. The molecule has 150 valence electrons. The van der Waals surface area contributed by atoms with Crippen molar-refractivity contribution in [3.05, 3.63) is 70.9 Å². The van der Waals surface area contributed by atoms with E-state index in [4.69, 9.17) is 0 Å². The minimum absolute atomic E-state index is 0.197. The summed E-state index contributed by atoms with van der Waals surface area (Å²) in [5.41, 5.74) is 5.63. The summed E-state index contributed by atoms with van der Waals surface area (Å²) in [6.07, 6.45) is 2.31. The number of carbonyl (C=O) groups is 1. The first-order valence-corrected chi connectivity index (χ1v) is 11.4. The lowest BCUT2D eigenvalue weighted by atomic mass is 9.89. The molecule has 1 aromatic heterocycles. The molecule has 5 nitrogen and oxygen atoms in total. The first-order valence-electron chi connectivity index (χ1n) is 9.46. The number of hydrogen-bond acceptors (Lipinski definition) is 4. The molecular weight excluding hydrogens is 404 g/mol. The maximum absolute atomic E-state index is 12.5. The van der Waals surface area contributed by atoms with Crippen LogP contribution in [0.5, 0.6) is 0 Å². The zero-order valence-electron chi connectivity index (χ0n) is 16.0. The minimum Gasteiger partial charge on any atom is -0.760 e. The van der Waals surface area contributed by atoms with E-state index in [9.17, 15) is 13.6 Å². The fourth-order valence-electron chi connectivity index (χ4n) is 3.81. The van der Waals surface area contributed by atoms with Crippen LogP contribution < -0.4 is 4.72 Å². The second-order valence-electron chi connectivity index (χ2n) is 7.06. The summed E-state index contributed by atoms with van der Waals surface area (Å²) in [6.45, 7) is 2.17. The van der Waals surface area contributed by atoms with E-state index < -0.39 is 11.3 Å². The Morgan fingerprint density at radius 3 is 2.72 bits per heavy atom. The normalized spacial score (nSPS) is 14.6. The van der Waals surface area contributed by atoms with Gasteiger partial charge in [-0.15, -0.1) is 0 Å². The van der Waals surface area contributed by atoms with Crippen molar-refractivity contribution in [2.24, 2.45) is 0 Å². The first kappa shape index (κ1) is 20.1. The first-order chi connectivity index (χ1) is 14.0. The maximum Gasteiger partial charge on any atom is 0.164 e. The molecule has 1 aliphatic carbocycles. The molecule has 7 heteroatoms. The van der Waals surface area contributed by atoms with E-state index in [0.29, 0.717) is 6.42 Å². The van der Waals surface area contributed by atoms with E-state index in [-0.39, 0.29) is 12.3 Å². The van der Waals surface area contributed by atoms with Crippen molar-refractivity contribution in [2.75, 3.05) is 0 Å². The molecule has 4 rings (SSSR count). The van der Waals surface area contributed by atoms with Gasteiger partial charge in [0.1, 0.15) is 0 Å². The third-order valence-electron chi connectivity index (χ3n) is 5.08. The lowest BCUT2D eigenvalue weighted by Gasteiger charge is -2.16. The largest absolute Gasteiger partial charge is 0.760 e. The third kappa shape index (κ3) is 4.38. The fourth-order valence-corrected chi connectivity index (χ4v) is 5.05. The van der Waals surface area contributed by atoms with Gasteiger partial charge in [-0.2, -0.15) is 0 Å². The Kier molecular flexibility index (Phi) is 6.01. The van der Waals surface area contributed by atoms with Crippen LogP contribution in [0.15, 0.2) is 58.3 Å². The van der Waals surface area contributed by atoms with Crippen LogP contribution in [-0.4, -0.2) is 19.5 Å². The van der Waals surface area contributed by atoms with Crippen LogP contribution in [0, 0.1) is 6.92 Å². The number of fused-ring (bicyclic) bond motifs is 1. The van der Waals surface area contributed by atoms with E-state index in [1.807, 2.05) is 43.3 Å². The highest BCUT2D eigenvalue weighted by Crippen LogP contribution is 2.40. The zero-order valence-corrected chi connectivity index (χ0v) is 17.6. The predicted molar refractivity (Wildman–Crippen MR) is 115 cm³/mol. The van der Waals surface area contributed by atoms with Gasteiger partial charge in [-0.1, -0.05) is 36.0 Å². The minimum atomic E-state index is -2.31. The van der Waals surface area contributed by atoms with Crippen molar-refractivity contribution < 1.29 is 13.6 Å². The second-order valence-corrected chi connectivity index (χ2v) is 8.93. The van der Waals surface area contributed by atoms with Gasteiger partial charge in [0, 0.05) is 50.8 Å². The van der Waals surface area contributed by atoms with Crippen molar-refractivity contribution in [2.45, 2.75) is 42.5 Å². The van der Waals surface area contributed by atoms with Gasteiger partial charge >= 0.3 is 0 Å². The van der Waals surface area contributed by atoms with Crippen LogP contribution in [0.1, 0.15) is 40.0 Å². The Bertz CT molecular complexity index is 1080. The Balaban J connectivity index is 1.81. The van der Waals surface area contributed by atoms with Crippen LogP contribution in [0.2, 0.25) is 0 Å². The summed E-state index contributed by atoms with van der Waals surface area (Å²) in [7, 11) is 0. The van der Waals surface area contributed by atoms with Gasteiger partial charge < -0.3 is 9.54 Å². The molecule has 0 saturated carbocycles. The Morgan fingerprint density at radius 1 is 1.17 bits per heavy atom. The molecule has 3 aromatic rings. The molecule has 0 bridgehead atoms. The molecule has 29 heavy (non-hydrogen) atoms. The molecular formula is C22H21N2O3S2-. The molecule has 1 atom stereocenters. The number of nitrogens with one attached hydrogen (secondary N) is 2. The van der Waals surface area contributed by atoms with Gasteiger partial charge in [0.05, 0.1) is 5.69 Å². The molecule has 0 spiro atoms. The topological polar surface area (TPSA) is 85.0 Å². The van der Waals surface area contributed by atoms with Gasteiger partial charge in [0.2, 0.25) is 0 Å². The molecule has 0 aliphatic heterocycles. The highest BCUT2D eigenvalue weighted by atomic mass is 32.2. The van der Waals surface area contributed by atoms with Gasteiger partial charge in [-0.3, -0.25) is 9.00 Å². The Hall–Kier alpha value is -2.19. The van der Waals surface area contributed by atoms with E-state index in [0.717, 1.165) is 56.3 Å². The van der Waals surface area contributed by atoms with E-state index in [1.54, 1.807) is 11.8 Å². The number of benzene rings is 2. The zero-order chi connectivity index (χ0) is 20.4. The highest BCUT2D eigenvalue weighted by Gasteiger charge is 2.26. The molecule has 2 aromatic carbocycles. The van der Waals surface area contributed by atoms with Crippen LogP contribution in [0.4, 0.5) is 0 Å². The Morgan fingerprint density at radius 2 is 1.97 bits per heavy atom. The number of rotatable bonds is 6. The average molecular weight is 426 g/mol.